The Labute approximate surface area is 172 Å². The molecule has 144 valence electrons. The van der Waals surface area contributed by atoms with Crippen LogP contribution in [0.3, 0.4) is 0 Å². The summed E-state index contributed by atoms with van der Waals surface area (Å²) in [5, 5.41) is 1.26. The second-order valence-electron chi connectivity index (χ2n) is 9.10. The van der Waals surface area contributed by atoms with E-state index in [0.717, 1.165) is 11.6 Å². The van der Waals surface area contributed by atoms with Crippen molar-refractivity contribution in [3.05, 3.63) is 69.7 Å². The van der Waals surface area contributed by atoms with Gasteiger partial charge in [-0.1, -0.05) is 55.0 Å². The van der Waals surface area contributed by atoms with E-state index in [0.29, 0.717) is 15.6 Å². The maximum atomic E-state index is 13.7. The summed E-state index contributed by atoms with van der Waals surface area (Å²) < 4.78 is 6.44. The van der Waals surface area contributed by atoms with E-state index in [1.165, 1.54) is 0 Å². The summed E-state index contributed by atoms with van der Waals surface area (Å²) in [4.78, 5) is 13.7. The van der Waals surface area contributed by atoms with Crippen molar-refractivity contribution in [2.45, 2.75) is 50.7 Å². The van der Waals surface area contributed by atoms with Gasteiger partial charge in [0.2, 0.25) is 0 Å². The maximum absolute atomic E-state index is 13.7. The largest absolute Gasteiger partial charge is 0.355 e. The van der Waals surface area contributed by atoms with Crippen LogP contribution >= 0.6 is 23.2 Å². The topological polar surface area (TPSA) is 26.3 Å². The summed E-state index contributed by atoms with van der Waals surface area (Å²) in [5.41, 5.74) is 0.143. The Bertz CT molecular complexity index is 838. The molecule has 1 aliphatic rings. The van der Waals surface area contributed by atoms with Crippen molar-refractivity contribution < 1.29 is 9.53 Å². The van der Waals surface area contributed by atoms with Gasteiger partial charge in [-0.25, -0.2) is 0 Å². The van der Waals surface area contributed by atoms with E-state index < -0.39 is 13.7 Å². The van der Waals surface area contributed by atoms with Gasteiger partial charge in [0.1, 0.15) is 0 Å². The lowest BCUT2D eigenvalue weighted by Gasteiger charge is -2.60. The number of halogens is 2. The van der Waals surface area contributed by atoms with Crippen molar-refractivity contribution in [2.24, 2.45) is 5.92 Å². The van der Waals surface area contributed by atoms with Gasteiger partial charge in [0.05, 0.1) is 5.60 Å². The molecule has 1 heterocycles. The molecular weight excluding hydrogens is 395 g/mol. The molecule has 3 rings (SSSR count). The van der Waals surface area contributed by atoms with Gasteiger partial charge >= 0.3 is 0 Å². The van der Waals surface area contributed by atoms with Crippen LogP contribution in [0.15, 0.2) is 48.5 Å². The van der Waals surface area contributed by atoms with Crippen LogP contribution < -0.4 is 0 Å². The SMILES string of the molecule is CC1(C)OC(C(=O)c2ccc(Cl)cc2)(c2ccc(Cl)cc2)C1C[Si](C)(C)C. The standard InChI is InChI=1S/C22H26Cl2O2Si/c1-21(2)19(14-27(3,4)5)22(26-21,16-8-12-18(24)13-9-16)20(25)15-6-10-17(23)11-7-15/h6-13,19H,14H2,1-5H3. The molecule has 0 radical (unpaired) electrons. The van der Waals surface area contributed by atoms with Crippen LogP contribution in [-0.4, -0.2) is 19.5 Å². The number of Topliss-reactive ketones (excluding diaryl/α,β-unsaturated/α-hetero) is 1. The summed E-state index contributed by atoms with van der Waals surface area (Å²) in [7, 11) is -1.45. The smallest absolute Gasteiger partial charge is 0.199 e. The Kier molecular flexibility index (Phi) is 5.37. The number of carbonyl (C=O) groups excluding carboxylic acids is 1. The first-order valence-electron chi connectivity index (χ1n) is 9.22. The average molecular weight is 421 g/mol. The first-order chi connectivity index (χ1) is 12.5. The number of hydrogen-bond donors (Lipinski definition) is 0. The van der Waals surface area contributed by atoms with Crippen molar-refractivity contribution in [1.82, 2.24) is 0 Å². The minimum atomic E-state index is -1.45. The van der Waals surface area contributed by atoms with Gasteiger partial charge in [0.25, 0.3) is 0 Å². The van der Waals surface area contributed by atoms with Crippen molar-refractivity contribution in [3.8, 4) is 0 Å². The van der Waals surface area contributed by atoms with Gasteiger partial charge in [-0.2, -0.15) is 0 Å². The molecule has 0 aromatic heterocycles. The molecule has 0 aliphatic carbocycles. The van der Waals surface area contributed by atoms with Crippen molar-refractivity contribution in [1.29, 1.82) is 0 Å². The van der Waals surface area contributed by atoms with Crippen LogP contribution in [0.2, 0.25) is 35.7 Å². The highest BCUT2D eigenvalue weighted by atomic mass is 35.5. The summed E-state index contributed by atoms with van der Waals surface area (Å²) in [6.45, 7) is 11.2. The molecule has 0 amide bonds. The highest BCUT2D eigenvalue weighted by Crippen LogP contribution is 2.58. The predicted molar refractivity (Wildman–Crippen MR) is 116 cm³/mol. The molecular formula is C22H26Cl2O2Si. The molecule has 2 atom stereocenters. The number of hydrogen-bond acceptors (Lipinski definition) is 2. The predicted octanol–water partition coefficient (Wildman–Crippen LogP) is 6.83. The Balaban J connectivity index is 2.13. The highest BCUT2D eigenvalue weighted by Gasteiger charge is 2.65. The van der Waals surface area contributed by atoms with E-state index in [9.17, 15) is 4.79 Å². The minimum Gasteiger partial charge on any atom is -0.355 e. The summed E-state index contributed by atoms with van der Waals surface area (Å²) in [6.07, 6.45) is 0. The molecule has 1 aliphatic heterocycles. The normalized spacial score (nSPS) is 24.3. The average Bonchev–Trinajstić information content (AvgIpc) is 2.58. The third kappa shape index (κ3) is 3.88. The van der Waals surface area contributed by atoms with Crippen LogP contribution in [0, 0.1) is 5.92 Å². The fraction of sp³-hybridized carbons (Fsp3) is 0.409. The van der Waals surface area contributed by atoms with Crippen molar-refractivity contribution in [3.63, 3.8) is 0 Å². The van der Waals surface area contributed by atoms with Crippen LogP contribution in [0.5, 0.6) is 0 Å². The Morgan fingerprint density at radius 3 is 1.89 bits per heavy atom. The molecule has 0 bridgehead atoms. The fourth-order valence-corrected chi connectivity index (χ4v) is 6.36. The van der Waals surface area contributed by atoms with E-state index in [4.69, 9.17) is 27.9 Å². The minimum absolute atomic E-state index is 0.0101. The van der Waals surface area contributed by atoms with Crippen LogP contribution in [-0.2, 0) is 10.3 Å². The number of ether oxygens (including phenoxy) is 1. The van der Waals surface area contributed by atoms with E-state index in [1.54, 1.807) is 24.3 Å². The van der Waals surface area contributed by atoms with Gasteiger partial charge in [-0.3, -0.25) is 4.79 Å². The molecule has 1 saturated heterocycles. The molecule has 0 N–H and O–H groups in total. The number of rotatable bonds is 5. The molecule has 2 aromatic rings. The summed E-state index contributed by atoms with van der Waals surface area (Å²) in [6, 6.07) is 15.6. The van der Waals surface area contributed by atoms with Crippen molar-refractivity contribution >= 4 is 37.1 Å². The molecule has 1 fully saturated rings. The van der Waals surface area contributed by atoms with Crippen LogP contribution in [0.1, 0.15) is 29.8 Å². The van der Waals surface area contributed by atoms with E-state index in [2.05, 4.69) is 33.5 Å². The molecule has 2 unspecified atom stereocenters. The Morgan fingerprint density at radius 2 is 1.44 bits per heavy atom. The molecule has 2 nitrogen and oxygen atoms in total. The lowest BCUT2D eigenvalue weighted by molar-refractivity contribution is -0.283. The van der Waals surface area contributed by atoms with Crippen LogP contribution in [0.25, 0.3) is 0 Å². The first-order valence-corrected chi connectivity index (χ1v) is 13.7. The third-order valence-corrected chi connectivity index (χ3v) is 7.42. The molecule has 2 aromatic carbocycles. The quantitative estimate of drug-likeness (QED) is 0.390. The molecule has 0 saturated carbocycles. The third-order valence-electron chi connectivity index (χ3n) is 5.29. The maximum Gasteiger partial charge on any atom is 0.199 e. The first kappa shape index (κ1) is 20.6. The van der Waals surface area contributed by atoms with Crippen LogP contribution in [0.4, 0.5) is 0 Å². The monoisotopic (exact) mass is 420 g/mol. The summed E-state index contributed by atoms with van der Waals surface area (Å²) >= 11 is 12.1. The number of ketones is 1. The zero-order valence-electron chi connectivity index (χ0n) is 16.5. The lowest BCUT2D eigenvalue weighted by atomic mass is 9.64. The Morgan fingerprint density at radius 1 is 0.963 bits per heavy atom. The molecule has 5 heteroatoms. The highest BCUT2D eigenvalue weighted by molar-refractivity contribution is 6.76. The van der Waals surface area contributed by atoms with Gasteiger partial charge in [-0.05, 0) is 61.9 Å². The zero-order chi connectivity index (χ0) is 20.0. The van der Waals surface area contributed by atoms with Gasteiger partial charge in [-0.15, -0.1) is 0 Å². The van der Waals surface area contributed by atoms with Gasteiger partial charge in [0.15, 0.2) is 11.4 Å². The number of carbonyl (C=O) groups is 1. The summed E-state index contributed by atoms with van der Waals surface area (Å²) in [5.74, 6) is 0.0880. The van der Waals surface area contributed by atoms with Gasteiger partial charge in [0, 0.05) is 29.6 Å². The lowest BCUT2D eigenvalue weighted by Crippen LogP contribution is -2.68. The second-order valence-corrected chi connectivity index (χ2v) is 15.5. The van der Waals surface area contributed by atoms with E-state index in [-0.39, 0.29) is 17.3 Å². The number of benzene rings is 2. The fourth-order valence-electron chi connectivity index (χ4n) is 4.10. The van der Waals surface area contributed by atoms with Gasteiger partial charge < -0.3 is 4.74 Å². The molecule has 0 spiro atoms. The van der Waals surface area contributed by atoms with E-state index in [1.807, 2.05) is 24.3 Å². The van der Waals surface area contributed by atoms with E-state index >= 15 is 0 Å². The Hall–Kier alpha value is -1.13. The van der Waals surface area contributed by atoms with Crippen molar-refractivity contribution in [2.75, 3.05) is 0 Å². The second kappa shape index (κ2) is 7.04. The zero-order valence-corrected chi connectivity index (χ0v) is 19.0. The molecule has 27 heavy (non-hydrogen) atoms.